The fourth-order valence-corrected chi connectivity index (χ4v) is 3.36. The van der Waals surface area contributed by atoms with Crippen LogP contribution >= 0.6 is 11.6 Å². The number of amides is 2. The minimum atomic E-state index is -0.389. The van der Waals surface area contributed by atoms with Crippen LogP contribution in [0.3, 0.4) is 0 Å². The lowest BCUT2D eigenvalue weighted by molar-refractivity contribution is -0.118. The number of ether oxygens (including phenoxy) is 3. The van der Waals surface area contributed by atoms with Gasteiger partial charge in [-0.15, -0.1) is 0 Å². The zero-order chi connectivity index (χ0) is 26.6. The average Bonchev–Trinajstić information content (AvgIpc) is 2.89. The number of carbonyl (C=O) groups is 2. The number of carbonyl (C=O) groups excluding carboxylic acids is 2. The zero-order valence-electron chi connectivity index (χ0n) is 21.0. The standard InChI is InChI=1S/C28H30ClN3O5/c1-4-13-36-25-12-10-21(15-26(25)35-5-2)28(34)32-30-17-20-7-6-8-23(14-20)37-18-27(33)31-22-11-9-19(3)24(29)16-22/h6-12,14-17H,4-5,13,18H2,1-3H3,(H,31,33)(H,32,34)/b30-17+. The second-order valence-corrected chi connectivity index (χ2v) is 8.42. The fourth-order valence-electron chi connectivity index (χ4n) is 3.18. The van der Waals surface area contributed by atoms with Crippen molar-refractivity contribution in [2.45, 2.75) is 27.2 Å². The molecule has 0 aromatic heterocycles. The van der Waals surface area contributed by atoms with Gasteiger partial charge >= 0.3 is 0 Å². The molecule has 194 valence electrons. The van der Waals surface area contributed by atoms with Crippen LogP contribution in [-0.4, -0.2) is 37.8 Å². The smallest absolute Gasteiger partial charge is 0.271 e. The molecule has 3 aromatic carbocycles. The van der Waals surface area contributed by atoms with Crippen LogP contribution in [0.15, 0.2) is 65.8 Å². The predicted octanol–water partition coefficient (Wildman–Crippen LogP) is 5.62. The van der Waals surface area contributed by atoms with Crippen LogP contribution in [0.2, 0.25) is 5.02 Å². The van der Waals surface area contributed by atoms with Crippen molar-refractivity contribution in [1.82, 2.24) is 5.43 Å². The number of hydrogen-bond acceptors (Lipinski definition) is 6. The summed E-state index contributed by atoms with van der Waals surface area (Å²) in [4.78, 5) is 24.8. The van der Waals surface area contributed by atoms with E-state index in [1.165, 1.54) is 6.21 Å². The summed E-state index contributed by atoms with van der Waals surface area (Å²) in [5, 5.41) is 7.35. The molecule has 2 N–H and O–H groups in total. The Hall–Kier alpha value is -4.04. The first-order chi connectivity index (χ1) is 17.9. The highest BCUT2D eigenvalue weighted by molar-refractivity contribution is 6.31. The van der Waals surface area contributed by atoms with Gasteiger partial charge in [0.1, 0.15) is 5.75 Å². The normalized spacial score (nSPS) is 10.7. The minimum absolute atomic E-state index is 0.178. The van der Waals surface area contributed by atoms with Gasteiger partial charge in [-0.05, 0) is 73.9 Å². The quantitative estimate of drug-likeness (QED) is 0.237. The summed E-state index contributed by atoms with van der Waals surface area (Å²) >= 11 is 6.09. The van der Waals surface area contributed by atoms with E-state index in [1.807, 2.05) is 26.8 Å². The molecule has 0 spiro atoms. The maximum Gasteiger partial charge on any atom is 0.271 e. The van der Waals surface area contributed by atoms with E-state index in [-0.39, 0.29) is 18.4 Å². The van der Waals surface area contributed by atoms with Crippen LogP contribution in [0.4, 0.5) is 5.69 Å². The van der Waals surface area contributed by atoms with Gasteiger partial charge in [0.05, 0.1) is 19.4 Å². The van der Waals surface area contributed by atoms with Crippen molar-refractivity contribution in [2.24, 2.45) is 5.10 Å². The summed E-state index contributed by atoms with van der Waals surface area (Å²) in [6.45, 7) is 6.60. The number of nitrogens with one attached hydrogen (secondary N) is 2. The van der Waals surface area contributed by atoms with Crippen molar-refractivity contribution in [2.75, 3.05) is 25.1 Å². The van der Waals surface area contributed by atoms with Gasteiger partial charge < -0.3 is 19.5 Å². The van der Waals surface area contributed by atoms with Crippen LogP contribution in [0.5, 0.6) is 17.2 Å². The van der Waals surface area contributed by atoms with Gasteiger partial charge in [0.25, 0.3) is 11.8 Å². The Morgan fingerprint density at radius 1 is 0.973 bits per heavy atom. The number of halogens is 1. The highest BCUT2D eigenvalue weighted by Gasteiger charge is 2.11. The van der Waals surface area contributed by atoms with Crippen molar-refractivity contribution in [3.63, 3.8) is 0 Å². The number of hydrogen-bond donors (Lipinski definition) is 2. The third kappa shape index (κ3) is 8.54. The second-order valence-electron chi connectivity index (χ2n) is 8.02. The highest BCUT2D eigenvalue weighted by atomic mass is 35.5. The lowest BCUT2D eigenvalue weighted by Crippen LogP contribution is -2.20. The summed E-state index contributed by atoms with van der Waals surface area (Å²) in [6, 6.07) is 17.3. The van der Waals surface area contributed by atoms with Crippen molar-refractivity contribution < 1.29 is 23.8 Å². The molecule has 0 aliphatic heterocycles. The molecule has 3 rings (SSSR count). The Bertz CT molecular complexity index is 1260. The van der Waals surface area contributed by atoms with Gasteiger partial charge in [0.2, 0.25) is 0 Å². The Kier molecular flexibility index (Phi) is 10.3. The van der Waals surface area contributed by atoms with Crippen LogP contribution in [-0.2, 0) is 4.79 Å². The number of hydrazone groups is 1. The molecule has 8 nitrogen and oxygen atoms in total. The summed E-state index contributed by atoms with van der Waals surface area (Å²) < 4.78 is 16.9. The molecular weight excluding hydrogens is 494 g/mol. The fraction of sp³-hybridized carbons (Fsp3) is 0.250. The molecule has 37 heavy (non-hydrogen) atoms. The van der Waals surface area contributed by atoms with Gasteiger partial charge in [0, 0.05) is 16.3 Å². The van der Waals surface area contributed by atoms with Gasteiger partial charge in [0.15, 0.2) is 18.1 Å². The first kappa shape index (κ1) is 27.5. The Morgan fingerprint density at radius 2 is 1.81 bits per heavy atom. The van der Waals surface area contributed by atoms with Gasteiger partial charge in [-0.3, -0.25) is 9.59 Å². The predicted molar refractivity (Wildman–Crippen MR) is 145 cm³/mol. The van der Waals surface area contributed by atoms with E-state index in [0.717, 1.165) is 12.0 Å². The van der Waals surface area contributed by atoms with E-state index in [2.05, 4.69) is 15.8 Å². The summed E-state index contributed by atoms with van der Waals surface area (Å²) in [5.41, 5.74) is 5.10. The molecule has 0 aliphatic rings. The van der Waals surface area contributed by atoms with E-state index >= 15 is 0 Å². The average molecular weight is 524 g/mol. The van der Waals surface area contributed by atoms with Gasteiger partial charge in [-0.2, -0.15) is 5.10 Å². The number of aryl methyl sites for hydroxylation is 1. The van der Waals surface area contributed by atoms with Crippen LogP contribution < -0.4 is 25.0 Å². The molecule has 0 saturated heterocycles. The number of benzene rings is 3. The summed E-state index contributed by atoms with van der Waals surface area (Å²) in [5.74, 6) is 0.878. The van der Waals surface area contributed by atoms with Crippen LogP contribution in [0.25, 0.3) is 0 Å². The van der Waals surface area contributed by atoms with Gasteiger partial charge in [-0.1, -0.05) is 36.7 Å². The third-order valence-corrected chi connectivity index (χ3v) is 5.44. The first-order valence-corrected chi connectivity index (χ1v) is 12.3. The molecule has 3 aromatic rings. The lowest BCUT2D eigenvalue weighted by Gasteiger charge is -2.12. The highest BCUT2D eigenvalue weighted by Crippen LogP contribution is 2.28. The maximum atomic E-state index is 12.6. The zero-order valence-corrected chi connectivity index (χ0v) is 21.8. The van der Waals surface area contributed by atoms with E-state index in [1.54, 1.807) is 54.6 Å². The molecule has 0 atom stereocenters. The van der Waals surface area contributed by atoms with Crippen molar-refractivity contribution in [3.8, 4) is 17.2 Å². The number of anilines is 1. The van der Waals surface area contributed by atoms with E-state index in [0.29, 0.717) is 52.3 Å². The van der Waals surface area contributed by atoms with Gasteiger partial charge in [-0.25, -0.2) is 5.43 Å². The molecule has 0 radical (unpaired) electrons. The number of nitrogens with zero attached hydrogens (tertiary/aromatic N) is 1. The van der Waals surface area contributed by atoms with Crippen LogP contribution in [0, 0.1) is 6.92 Å². The van der Waals surface area contributed by atoms with E-state index in [9.17, 15) is 9.59 Å². The van der Waals surface area contributed by atoms with E-state index < -0.39 is 0 Å². The Balaban J connectivity index is 1.54. The van der Waals surface area contributed by atoms with Crippen molar-refractivity contribution in [3.05, 3.63) is 82.4 Å². The molecule has 0 aliphatic carbocycles. The Labute approximate surface area is 221 Å². The molecule has 0 saturated carbocycles. The summed E-state index contributed by atoms with van der Waals surface area (Å²) in [7, 11) is 0. The molecule has 0 bridgehead atoms. The molecule has 9 heteroatoms. The van der Waals surface area contributed by atoms with Crippen molar-refractivity contribution >= 4 is 35.3 Å². The van der Waals surface area contributed by atoms with Crippen molar-refractivity contribution in [1.29, 1.82) is 0 Å². The minimum Gasteiger partial charge on any atom is -0.490 e. The number of rotatable bonds is 12. The monoisotopic (exact) mass is 523 g/mol. The molecule has 0 heterocycles. The van der Waals surface area contributed by atoms with Crippen LogP contribution in [0.1, 0.15) is 41.8 Å². The van der Waals surface area contributed by atoms with E-state index in [4.69, 9.17) is 25.8 Å². The SMILES string of the molecule is CCCOc1ccc(C(=O)N/N=C/c2cccc(OCC(=O)Nc3ccc(C)c(Cl)c3)c2)cc1OCC. The molecule has 2 amide bonds. The second kappa shape index (κ2) is 13.9. The molecule has 0 unspecified atom stereocenters. The Morgan fingerprint density at radius 3 is 2.57 bits per heavy atom. The third-order valence-electron chi connectivity index (χ3n) is 5.03. The topological polar surface area (TPSA) is 98.3 Å². The molecular formula is C28H30ClN3O5. The lowest BCUT2D eigenvalue weighted by atomic mass is 10.2. The summed E-state index contributed by atoms with van der Waals surface area (Å²) in [6.07, 6.45) is 2.35. The largest absolute Gasteiger partial charge is 0.490 e. The first-order valence-electron chi connectivity index (χ1n) is 11.9. The molecule has 0 fully saturated rings. The maximum absolute atomic E-state index is 12.6.